The first-order valence-corrected chi connectivity index (χ1v) is 7.20. The smallest absolute Gasteiger partial charge is 0.251 e. The molecule has 0 saturated heterocycles. The Balaban J connectivity index is 1.96. The SMILES string of the molecule is CNC(=O)c1cccc(C2=C(N)OC(c3ccccc3)C2=O)c1. The van der Waals surface area contributed by atoms with Gasteiger partial charge in [-0.3, -0.25) is 9.59 Å². The van der Waals surface area contributed by atoms with Crippen molar-refractivity contribution >= 4 is 17.3 Å². The second-order valence-electron chi connectivity index (χ2n) is 5.17. The first-order valence-electron chi connectivity index (χ1n) is 7.20. The van der Waals surface area contributed by atoms with Gasteiger partial charge in [-0.05, 0) is 17.7 Å². The summed E-state index contributed by atoms with van der Waals surface area (Å²) in [5, 5.41) is 2.55. The maximum Gasteiger partial charge on any atom is 0.251 e. The number of hydrogen-bond acceptors (Lipinski definition) is 4. The van der Waals surface area contributed by atoms with Crippen LogP contribution in [0, 0.1) is 0 Å². The van der Waals surface area contributed by atoms with E-state index in [1.165, 1.54) is 0 Å². The van der Waals surface area contributed by atoms with E-state index in [-0.39, 0.29) is 17.6 Å². The molecular formula is C18H16N2O3. The van der Waals surface area contributed by atoms with Crippen LogP contribution in [0.5, 0.6) is 0 Å². The lowest BCUT2D eigenvalue weighted by molar-refractivity contribution is -0.120. The number of nitrogens with two attached hydrogens (primary N) is 1. The molecule has 1 aliphatic rings. The van der Waals surface area contributed by atoms with Gasteiger partial charge in [-0.25, -0.2) is 0 Å². The van der Waals surface area contributed by atoms with Gasteiger partial charge in [0.05, 0.1) is 5.57 Å². The van der Waals surface area contributed by atoms with E-state index >= 15 is 0 Å². The van der Waals surface area contributed by atoms with Crippen molar-refractivity contribution in [2.24, 2.45) is 5.73 Å². The van der Waals surface area contributed by atoms with E-state index in [9.17, 15) is 9.59 Å². The third-order valence-electron chi connectivity index (χ3n) is 3.72. The molecule has 2 aromatic carbocycles. The third kappa shape index (κ3) is 2.68. The second kappa shape index (κ2) is 5.96. The highest BCUT2D eigenvalue weighted by Gasteiger charge is 2.36. The van der Waals surface area contributed by atoms with E-state index in [1.807, 2.05) is 30.3 Å². The van der Waals surface area contributed by atoms with Crippen molar-refractivity contribution in [3.63, 3.8) is 0 Å². The van der Waals surface area contributed by atoms with Crippen molar-refractivity contribution in [2.45, 2.75) is 6.10 Å². The molecule has 0 saturated carbocycles. The molecule has 0 aliphatic carbocycles. The Morgan fingerprint density at radius 1 is 1.13 bits per heavy atom. The minimum Gasteiger partial charge on any atom is -0.462 e. The summed E-state index contributed by atoms with van der Waals surface area (Å²) in [6.45, 7) is 0. The van der Waals surface area contributed by atoms with Crippen LogP contribution < -0.4 is 11.1 Å². The average molecular weight is 308 g/mol. The van der Waals surface area contributed by atoms with E-state index in [0.717, 1.165) is 5.56 Å². The number of Topliss-reactive ketones (excluding diaryl/α,β-unsaturated/α-hetero) is 1. The maximum atomic E-state index is 12.7. The number of amides is 1. The Morgan fingerprint density at radius 2 is 1.87 bits per heavy atom. The number of nitrogens with one attached hydrogen (secondary N) is 1. The summed E-state index contributed by atoms with van der Waals surface area (Å²) >= 11 is 0. The van der Waals surface area contributed by atoms with Crippen molar-refractivity contribution < 1.29 is 14.3 Å². The molecule has 5 heteroatoms. The fourth-order valence-electron chi connectivity index (χ4n) is 2.58. The van der Waals surface area contributed by atoms with Gasteiger partial charge < -0.3 is 15.8 Å². The number of carbonyl (C=O) groups is 2. The lowest BCUT2D eigenvalue weighted by Crippen LogP contribution is -2.18. The van der Waals surface area contributed by atoms with E-state index in [1.54, 1.807) is 31.3 Å². The number of ether oxygens (including phenoxy) is 1. The Morgan fingerprint density at radius 3 is 2.57 bits per heavy atom. The van der Waals surface area contributed by atoms with Crippen LogP contribution >= 0.6 is 0 Å². The fourth-order valence-corrected chi connectivity index (χ4v) is 2.58. The molecule has 1 atom stereocenters. The molecule has 3 N–H and O–H groups in total. The van der Waals surface area contributed by atoms with Gasteiger partial charge in [0.25, 0.3) is 5.91 Å². The normalized spacial score (nSPS) is 17.1. The standard InChI is InChI=1S/C18H16N2O3/c1-20-18(22)13-9-5-8-12(10-13)14-15(21)16(23-17(14)19)11-6-3-2-4-7-11/h2-10,16H,19H2,1H3,(H,20,22). The van der Waals surface area contributed by atoms with E-state index < -0.39 is 6.10 Å². The topological polar surface area (TPSA) is 81.4 Å². The molecule has 1 unspecified atom stereocenters. The highest BCUT2D eigenvalue weighted by molar-refractivity contribution is 6.25. The molecule has 116 valence electrons. The monoisotopic (exact) mass is 308 g/mol. The molecule has 0 fully saturated rings. The van der Waals surface area contributed by atoms with Crippen molar-refractivity contribution in [3.05, 3.63) is 77.2 Å². The molecule has 0 spiro atoms. The minimum absolute atomic E-state index is 0.0814. The number of hydrogen-bond donors (Lipinski definition) is 2. The number of rotatable bonds is 3. The molecule has 2 aromatic rings. The summed E-state index contributed by atoms with van der Waals surface area (Å²) in [4.78, 5) is 24.5. The number of benzene rings is 2. The summed E-state index contributed by atoms with van der Waals surface area (Å²) in [5.74, 6) is -0.349. The molecule has 1 amide bonds. The summed E-state index contributed by atoms with van der Waals surface area (Å²) in [7, 11) is 1.55. The van der Waals surface area contributed by atoms with Crippen molar-refractivity contribution in [1.82, 2.24) is 5.32 Å². The molecule has 3 rings (SSSR count). The lowest BCUT2D eigenvalue weighted by atomic mass is 9.96. The Labute approximate surface area is 133 Å². The first kappa shape index (κ1) is 14.8. The van der Waals surface area contributed by atoms with Gasteiger partial charge in [0.1, 0.15) is 0 Å². The largest absolute Gasteiger partial charge is 0.462 e. The summed E-state index contributed by atoms with van der Waals surface area (Å²) < 4.78 is 5.56. The molecule has 0 radical (unpaired) electrons. The van der Waals surface area contributed by atoms with Crippen LogP contribution in [-0.2, 0) is 9.53 Å². The van der Waals surface area contributed by atoms with Crippen LogP contribution in [-0.4, -0.2) is 18.7 Å². The van der Waals surface area contributed by atoms with Gasteiger partial charge in [-0.15, -0.1) is 0 Å². The van der Waals surface area contributed by atoms with Crippen LogP contribution in [0.2, 0.25) is 0 Å². The molecule has 0 bridgehead atoms. The van der Waals surface area contributed by atoms with E-state index in [2.05, 4.69) is 5.32 Å². The first-order chi connectivity index (χ1) is 11.1. The van der Waals surface area contributed by atoms with Crippen molar-refractivity contribution in [1.29, 1.82) is 0 Å². The summed E-state index contributed by atoms with van der Waals surface area (Å²) in [6, 6.07) is 15.9. The molecule has 1 aliphatic heterocycles. The molecule has 23 heavy (non-hydrogen) atoms. The second-order valence-corrected chi connectivity index (χ2v) is 5.17. The van der Waals surface area contributed by atoms with Gasteiger partial charge in [-0.2, -0.15) is 0 Å². The highest BCUT2D eigenvalue weighted by Crippen LogP contribution is 2.36. The Kier molecular flexibility index (Phi) is 3.85. The zero-order valence-electron chi connectivity index (χ0n) is 12.6. The maximum absolute atomic E-state index is 12.7. The van der Waals surface area contributed by atoms with Crippen LogP contribution in [0.15, 0.2) is 60.5 Å². The summed E-state index contributed by atoms with van der Waals surface area (Å²) in [6.07, 6.45) is -0.741. The van der Waals surface area contributed by atoms with Crippen molar-refractivity contribution in [3.8, 4) is 0 Å². The quantitative estimate of drug-likeness (QED) is 0.909. The molecule has 1 heterocycles. The minimum atomic E-state index is -0.741. The third-order valence-corrected chi connectivity index (χ3v) is 3.72. The van der Waals surface area contributed by atoms with Crippen LogP contribution in [0.4, 0.5) is 0 Å². The zero-order chi connectivity index (χ0) is 16.4. The highest BCUT2D eigenvalue weighted by atomic mass is 16.5. The van der Waals surface area contributed by atoms with Crippen molar-refractivity contribution in [2.75, 3.05) is 7.05 Å². The van der Waals surface area contributed by atoms with Crippen LogP contribution in [0.3, 0.4) is 0 Å². The Hall–Kier alpha value is -3.08. The van der Waals surface area contributed by atoms with Gasteiger partial charge in [-0.1, -0.05) is 42.5 Å². The summed E-state index contributed by atoms with van der Waals surface area (Å²) in [5.41, 5.74) is 8.02. The number of ketones is 1. The van der Waals surface area contributed by atoms with Gasteiger partial charge >= 0.3 is 0 Å². The van der Waals surface area contributed by atoms with Crippen LogP contribution in [0.1, 0.15) is 27.6 Å². The average Bonchev–Trinajstić information content (AvgIpc) is 2.89. The zero-order valence-corrected chi connectivity index (χ0v) is 12.6. The predicted molar refractivity (Wildman–Crippen MR) is 86.2 cm³/mol. The predicted octanol–water partition coefficient (Wildman–Crippen LogP) is 2.01. The molecule has 5 nitrogen and oxygen atoms in total. The fraction of sp³-hybridized carbons (Fsp3) is 0.111. The lowest BCUT2D eigenvalue weighted by Gasteiger charge is -2.09. The van der Waals surface area contributed by atoms with Crippen LogP contribution in [0.25, 0.3) is 5.57 Å². The van der Waals surface area contributed by atoms with Gasteiger partial charge in [0.2, 0.25) is 5.78 Å². The Bertz CT molecular complexity index is 797. The molecular weight excluding hydrogens is 292 g/mol. The molecule has 0 aromatic heterocycles. The number of carbonyl (C=O) groups excluding carboxylic acids is 2. The van der Waals surface area contributed by atoms with E-state index in [0.29, 0.717) is 16.7 Å². The van der Waals surface area contributed by atoms with E-state index in [4.69, 9.17) is 10.5 Å². The van der Waals surface area contributed by atoms with Gasteiger partial charge in [0, 0.05) is 18.2 Å². The van der Waals surface area contributed by atoms with Gasteiger partial charge in [0.15, 0.2) is 12.0 Å².